The highest BCUT2D eigenvalue weighted by Gasteiger charge is 2.79. The summed E-state index contributed by atoms with van der Waals surface area (Å²) >= 11 is 0. The number of halogens is 18. The summed E-state index contributed by atoms with van der Waals surface area (Å²) < 4.78 is 279. The SMILES string of the molecule is FC(F)(F)C1(COCOC(c2ccccc2C(OCOCC2(C(F)(F)F)CC3CCC2C3)(C(F)(F)F)C(F)(F)F)(C(F)(F)F)C(F)(F)F)CC2CCC1C2. The predicted molar refractivity (Wildman–Crippen MR) is 146 cm³/mol. The maximum Gasteiger partial charge on any atom is 0.430 e. The van der Waals surface area contributed by atoms with Gasteiger partial charge < -0.3 is 18.9 Å². The average Bonchev–Trinajstić information content (AvgIpc) is 3.80. The molecule has 4 nitrogen and oxygen atoms in total. The smallest absolute Gasteiger partial charge is 0.354 e. The van der Waals surface area contributed by atoms with E-state index < -0.39 is 146 Å². The van der Waals surface area contributed by atoms with Crippen molar-refractivity contribution in [1.82, 2.24) is 0 Å². The van der Waals surface area contributed by atoms with Crippen LogP contribution in [-0.4, -0.2) is 63.9 Å². The Morgan fingerprint density at radius 2 is 0.796 bits per heavy atom. The third-order valence-corrected chi connectivity index (χ3v) is 11.8. The van der Waals surface area contributed by atoms with Crippen LogP contribution in [0.3, 0.4) is 0 Å². The van der Waals surface area contributed by atoms with Crippen molar-refractivity contribution >= 4 is 0 Å². The lowest BCUT2D eigenvalue weighted by molar-refractivity contribution is -0.414. The van der Waals surface area contributed by atoms with Gasteiger partial charge in [0.15, 0.2) is 0 Å². The van der Waals surface area contributed by atoms with E-state index in [4.69, 9.17) is 0 Å². The van der Waals surface area contributed by atoms with Crippen LogP contribution in [0.4, 0.5) is 79.0 Å². The first-order valence-electron chi connectivity index (χ1n) is 16.4. The van der Waals surface area contributed by atoms with Crippen LogP contribution in [0.2, 0.25) is 0 Å². The molecule has 4 bridgehead atoms. The molecule has 0 amide bonds. The molecular weight excluding hydrogens is 790 g/mol. The van der Waals surface area contributed by atoms with Crippen LogP contribution in [0.15, 0.2) is 24.3 Å². The van der Waals surface area contributed by atoms with Gasteiger partial charge in [0.2, 0.25) is 0 Å². The minimum absolute atomic E-state index is 0.00419. The normalized spacial score (nSPS) is 29.8. The molecule has 6 atom stereocenters. The summed E-state index contributed by atoms with van der Waals surface area (Å²) in [6, 6.07) is -0.486. The molecule has 0 heterocycles. The summed E-state index contributed by atoms with van der Waals surface area (Å²) in [7, 11) is 0. The summed E-state index contributed by atoms with van der Waals surface area (Å²) in [5.41, 5.74) is -23.5. The van der Waals surface area contributed by atoms with E-state index in [0.717, 1.165) is 0 Å². The van der Waals surface area contributed by atoms with Crippen LogP contribution in [-0.2, 0) is 30.1 Å². The van der Waals surface area contributed by atoms with Gasteiger partial charge in [0, 0.05) is 11.1 Å². The lowest BCUT2D eigenvalue weighted by atomic mass is 9.73. The first kappa shape index (κ1) is 42.9. The fraction of sp³-hybridized carbons (Fsp3) is 0.812. The molecule has 4 aliphatic carbocycles. The highest BCUT2D eigenvalue weighted by atomic mass is 19.4. The van der Waals surface area contributed by atoms with Crippen LogP contribution in [0, 0.1) is 34.5 Å². The number of fused-ring (bicyclic) bond motifs is 4. The summed E-state index contributed by atoms with van der Waals surface area (Å²) in [5.74, 6) is -3.25. The Hall–Kier alpha value is -2.20. The van der Waals surface area contributed by atoms with E-state index in [-0.39, 0.29) is 37.8 Å². The average molecular weight is 823 g/mol. The van der Waals surface area contributed by atoms with Crippen LogP contribution in [0.25, 0.3) is 0 Å². The van der Waals surface area contributed by atoms with Gasteiger partial charge in [-0.2, -0.15) is 79.0 Å². The molecule has 0 saturated heterocycles. The van der Waals surface area contributed by atoms with Crippen molar-refractivity contribution < 1.29 is 98.0 Å². The maximum absolute atomic E-state index is 14.7. The van der Waals surface area contributed by atoms with Crippen molar-refractivity contribution in [1.29, 1.82) is 0 Å². The molecule has 4 saturated carbocycles. The quantitative estimate of drug-likeness (QED) is 0.120. The van der Waals surface area contributed by atoms with E-state index >= 15 is 0 Å². The van der Waals surface area contributed by atoms with Crippen LogP contribution in [0.1, 0.15) is 62.5 Å². The number of ether oxygens (including phenoxy) is 4. The van der Waals surface area contributed by atoms with Crippen molar-refractivity contribution in [3.63, 3.8) is 0 Å². The van der Waals surface area contributed by atoms with Gasteiger partial charge in [0.1, 0.15) is 13.6 Å². The van der Waals surface area contributed by atoms with Crippen molar-refractivity contribution in [2.24, 2.45) is 34.5 Å². The molecular formula is C32H32F18O4. The Labute approximate surface area is 294 Å². The second-order valence-electron chi connectivity index (χ2n) is 14.6. The third-order valence-electron chi connectivity index (χ3n) is 11.8. The van der Waals surface area contributed by atoms with Crippen LogP contribution in [0.5, 0.6) is 0 Å². The predicted octanol–water partition coefficient (Wildman–Crippen LogP) is 11.0. The minimum Gasteiger partial charge on any atom is -0.354 e. The van der Waals surface area contributed by atoms with Gasteiger partial charge in [-0.15, -0.1) is 0 Å². The monoisotopic (exact) mass is 822 g/mol. The van der Waals surface area contributed by atoms with E-state index in [9.17, 15) is 79.0 Å². The summed E-state index contributed by atoms with van der Waals surface area (Å²) in [6.45, 7) is -7.78. The van der Waals surface area contributed by atoms with Crippen molar-refractivity contribution in [2.75, 3.05) is 26.8 Å². The standard InChI is InChI=1S/C32H32F18O4/c33-27(34,35)23(11-17-5-7-19(23)9-17)13-51-15-53-25(29(39,40)41,30(42,43)44)21-3-1-2-4-22(21)26(31(45,46)47,32(48,49)50)54-16-52-14-24(28(36,37)38)12-18-6-8-20(24)10-18/h1-4,17-20H,5-16H2. The number of hydrogen-bond acceptors (Lipinski definition) is 4. The third kappa shape index (κ3) is 6.72. The number of benzene rings is 1. The van der Waals surface area contributed by atoms with Gasteiger partial charge in [-0.25, -0.2) is 0 Å². The molecule has 0 aromatic heterocycles. The lowest BCUT2D eigenvalue weighted by Gasteiger charge is -2.44. The van der Waals surface area contributed by atoms with E-state index in [1.54, 1.807) is 0 Å². The van der Waals surface area contributed by atoms with E-state index in [0.29, 0.717) is 12.8 Å². The molecule has 0 aliphatic heterocycles. The minimum atomic E-state index is -6.99. The van der Waals surface area contributed by atoms with E-state index in [1.165, 1.54) is 0 Å². The molecule has 22 heteroatoms. The number of hydrogen-bond donors (Lipinski definition) is 0. The molecule has 4 aliphatic rings. The Bertz CT molecular complexity index is 1340. The van der Waals surface area contributed by atoms with Gasteiger partial charge >= 0.3 is 37.1 Å². The number of rotatable bonds is 12. The first-order valence-corrected chi connectivity index (χ1v) is 16.4. The van der Waals surface area contributed by atoms with Crippen molar-refractivity contribution in [3.05, 3.63) is 35.4 Å². The second-order valence-corrected chi connectivity index (χ2v) is 14.6. The maximum atomic E-state index is 14.7. The zero-order valence-corrected chi connectivity index (χ0v) is 27.5. The van der Waals surface area contributed by atoms with E-state index in [2.05, 4.69) is 18.9 Å². The second kappa shape index (κ2) is 13.7. The highest BCUT2D eigenvalue weighted by molar-refractivity contribution is 5.42. The van der Waals surface area contributed by atoms with Crippen LogP contribution >= 0.6 is 0 Å². The molecule has 0 spiro atoms. The Kier molecular flexibility index (Phi) is 10.9. The van der Waals surface area contributed by atoms with Gasteiger partial charge in [-0.1, -0.05) is 37.1 Å². The molecule has 310 valence electrons. The Morgan fingerprint density at radius 1 is 0.481 bits per heavy atom. The molecule has 1 aromatic carbocycles. The van der Waals surface area contributed by atoms with E-state index in [1.807, 2.05) is 0 Å². The number of alkyl halides is 18. The van der Waals surface area contributed by atoms with Gasteiger partial charge in [-0.05, 0) is 62.2 Å². The fourth-order valence-electron chi connectivity index (χ4n) is 9.32. The molecule has 54 heavy (non-hydrogen) atoms. The zero-order chi connectivity index (χ0) is 40.6. The van der Waals surface area contributed by atoms with Gasteiger partial charge in [0.25, 0.3) is 11.2 Å². The Balaban J connectivity index is 1.52. The van der Waals surface area contributed by atoms with Crippen molar-refractivity contribution in [2.45, 2.75) is 99.6 Å². The molecule has 6 unspecified atom stereocenters. The summed E-state index contributed by atoms with van der Waals surface area (Å²) in [4.78, 5) is 0. The fourth-order valence-corrected chi connectivity index (χ4v) is 9.32. The topological polar surface area (TPSA) is 36.9 Å². The van der Waals surface area contributed by atoms with Gasteiger partial charge in [-0.3, -0.25) is 0 Å². The largest absolute Gasteiger partial charge is 0.430 e. The van der Waals surface area contributed by atoms with Crippen molar-refractivity contribution in [3.8, 4) is 0 Å². The highest BCUT2D eigenvalue weighted by Crippen LogP contribution is 2.65. The molecule has 5 rings (SSSR count). The molecule has 4 fully saturated rings. The lowest BCUT2D eigenvalue weighted by Crippen LogP contribution is -2.61. The molecule has 0 radical (unpaired) electrons. The van der Waals surface area contributed by atoms with Crippen LogP contribution < -0.4 is 0 Å². The first-order chi connectivity index (χ1) is 24.5. The zero-order valence-electron chi connectivity index (χ0n) is 27.5. The Morgan fingerprint density at radius 3 is 1.02 bits per heavy atom. The summed E-state index contributed by atoms with van der Waals surface area (Å²) in [5, 5.41) is 0. The van der Waals surface area contributed by atoms with Gasteiger partial charge in [0.05, 0.1) is 24.0 Å². The molecule has 1 aromatic rings. The molecule has 0 N–H and O–H groups in total. The summed E-state index contributed by atoms with van der Waals surface area (Å²) in [6.07, 6.45) is -38.5.